The molecule has 5 atom stereocenters. The average molecular weight is 260 g/mol. The zero-order valence-corrected chi connectivity index (χ0v) is 9.81. The highest BCUT2D eigenvalue weighted by molar-refractivity contribution is 5.98. The summed E-state index contributed by atoms with van der Waals surface area (Å²) in [6.45, 7) is 1.10. The molecule has 2 rings (SSSR count). The Labute approximate surface area is 103 Å². The largest absolute Gasteiger partial charge is 0.394 e. The molecule has 8 nitrogen and oxygen atoms in total. The van der Waals surface area contributed by atoms with Crippen LogP contribution in [0.25, 0.3) is 0 Å². The van der Waals surface area contributed by atoms with E-state index in [1.807, 2.05) is 0 Å². The number of amides is 3. The fraction of sp³-hybridized carbons (Fsp3) is 0.800. The molecule has 0 aliphatic carbocycles. The highest BCUT2D eigenvalue weighted by atomic mass is 16.5. The quantitative estimate of drug-likeness (QED) is 0.454. The monoisotopic (exact) mass is 260 g/mol. The van der Waals surface area contributed by atoms with Gasteiger partial charge in [0.05, 0.1) is 18.6 Å². The van der Waals surface area contributed by atoms with Crippen molar-refractivity contribution in [3.05, 3.63) is 0 Å². The van der Waals surface area contributed by atoms with Gasteiger partial charge in [-0.15, -0.1) is 0 Å². The number of urea groups is 1. The molecule has 0 aromatic rings. The van der Waals surface area contributed by atoms with Gasteiger partial charge in [0.1, 0.15) is 18.6 Å². The number of hydrogen-bond donors (Lipinski definition) is 4. The summed E-state index contributed by atoms with van der Waals surface area (Å²) >= 11 is 0. The molecule has 0 radical (unpaired) electrons. The van der Waals surface area contributed by atoms with E-state index in [0.717, 1.165) is 4.90 Å². The fourth-order valence-electron chi connectivity index (χ4n) is 2.13. The third-order valence-electron chi connectivity index (χ3n) is 3.30. The number of nitrogens with one attached hydrogen (secondary N) is 1. The number of hydrogen-bond acceptors (Lipinski definition) is 6. The van der Waals surface area contributed by atoms with Gasteiger partial charge in [-0.2, -0.15) is 0 Å². The lowest BCUT2D eigenvalue weighted by Gasteiger charge is -2.38. The van der Waals surface area contributed by atoms with Crippen molar-refractivity contribution in [2.24, 2.45) is 5.92 Å². The second-order valence-corrected chi connectivity index (χ2v) is 4.52. The zero-order chi connectivity index (χ0) is 13.4. The molecule has 0 bridgehead atoms. The van der Waals surface area contributed by atoms with Crippen LogP contribution in [0, 0.1) is 5.92 Å². The molecule has 8 heteroatoms. The molecule has 102 valence electrons. The molecular formula is C10H16N2O6. The second-order valence-electron chi connectivity index (χ2n) is 4.52. The summed E-state index contributed by atoms with van der Waals surface area (Å²) in [6.07, 6.45) is -3.78. The molecule has 4 N–H and O–H groups in total. The lowest BCUT2D eigenvalue weighted by molar-refractivity contribution is -0.153. The number of aliphatic hydroxyl groups excluding tert-OH is 3. The number of ether oxygens (including phenoxy) is 1. The van der Waals surface area contributed by atoms with E-state index < -0.39 is 42.5 Å². The standard InChI is InChI=1S/C10H16N2O6/c1-4-8(15)11-10(17)12(9(4)16)7-2-5(14)6(3-13)18-7/h4-7,9,13-14,16H,2-3H2,1H3,(H,11,15,17)/t4-,5-,6+,7+,9-/m0/s1. The minimum absolute atomic E-state index is 0.0800. The summed E-state index contributed by atoms with van der Waals surface area (Å²) in [5.74, 6) is -1.34. The maximum atomic E-state index is 11.7. The van der Waals surface area contributed by atoms with Crippen LogP contribution in [0.2, 0.25) is 0 Å². The van der Waals surface area contributed by atoms with Crippen molar-refractivity contribution in [2.45, 2.75) is 38.0 Å². The fourth-order valence-corrected chi connectivity index (χ4v) is 2.13. The number of imide groups is 1. The smallest absolute Gasteiger partial charge is 0.328 e. The highest BCUT2D eigenvalue weighted by Crippen LogP contribution is 2.27. The SMILES string of the molecule is C[C@H]1C(=O)NC(=O)N([C@H]2C[C@H](O)[C@@H](CO)O2)[C@H]1O. The van der Waals surface area contributed by atoms with E-state index >= 15 is 0 Å². The minimum Gasteiger partial charge on any atom is -0.394 e. The normalized spacial score (nSPS) is 41.1. The molecule has 2 aliphatic rings. The van der Waals surface area contributed by atoms with Crippen molar-refractivity contribution in [1.29, 1.82) is 0 Å². The molecule has 0 spiro atoms. The van der Waals surface area contributed by atoms with Crippen molar-refractivity contribution in [2.75, 3.05) is 6.61 Å². The Hall–Kier alpha value is -1.22. The van der Waals surface area contributed by atoms with E-state index in [9.17, 15) is 19.8 Å². The number of rotatable bonds is 2. The van der Waals surface area contributed by atoms with Crippen molar-refractivity contribution >= 4 is 11.9 Å². The number of carbonyl (C=O) groups is 2. The number of carbonyl (C=O) groups excluding carboxylic acids is 2. The Balaban J connectivity index is 2.13. The first kappa shape index (κ1) is 13.2. The topological polar surface area (TPSA) is 119 Å². The number of nitrogens with zero attached hydrogens (tertiary/aromatic N) is 1. The summed E-state index contributed by atoms with van der Waals surface area (Å²) in [5.41, 5.74) is 0. The lowest BCUT2D eigenvalue weighted by atomic mass is 10.1. The Bertz CT molecular complexity index is 362. The van der Waals surface area contributed by atoms with E-state index in [2.05, 4.69) is 5.32 Å². The Morgan fingerprint density at radius 1 is 1.44 bits per heavy atom. The minimum atomic E-state index is -1.30. The van der Waals surface area contributed by atoms with E-state index in [1.165, 1.54) is 6.92 Å². The van der Waals surface area contributed by atoms with Gasteiger partial charge >= 0.3 is 6.03 Å². The van der Waals surface area contributed by atoms with Gasteiger partial charge in [0, 0.05) is 6.42 Å². The van der Waals surface area contributed by atoms with Crippen LogP contribution in [0.3, 0.4) is 0 Å². The molecule has 2 aliphatic heterocycles. The van der Waals surface area contributed by atoms with Crippen LogP contribution in [-0.4, -0.2) is 63.4 Å². The molecule has 2 saturated heterocycles. The third-order valence-corrected chi connectivity index (χ3v) is 3.30. The van der Waals surface area contributed by atoms with Gasteiger partial charge in [0.15, 0.2) is 0 Å². The van der Waals surface area contributed by atoms with E-state index in [1.54, 1.807) is 0 Å². The van der Waals surface area contributed by atoms with Gasteiger partial charge in [0.25, 0.3) is 0 Å². The summed E-state index contributed by atoms with van der Waals surface area (Å²) in [5, 5.41) is 30.5. The van der Waals surface area contributed by atoms with Gasteiger partial charge in [-0.25, -0.2) is 4.79 Å². The Morgan fingerprint density at radius 2 is 2.11 bits per heavy atom. The maximum Gasteiger partial charge on any atom is 0.328 e. The van der Waals surface area contributed by atoms with Gasteiger partial charge in [-0.3, -0.25) is 15.0 Å². The van der Waals surface area contributed by atoms with Gasteiger partial charge in [0.2, 0.25) is 5.91 Å². The zero-order valence-electron chi connectivity index (χ0n) is 9.81. The molecule has 0 saturated carbocycles. The molecule has 0 aromatic heterocycles. The summed E-state index contributed by atoms with van der Waals surface area (Å²) < 4.78 is 5.28. The first-order chi connectivity index (χ1) is 8.45. The average Bonchev–Trinajstić information content (AvgIpc) is 2.67. The van der Waals surface area contributed by atoms with Crippen molar-refractivity contribution < 1.29 is 29.6 Å². The van der Waals surface area contributed by atoms with E-state index in [-0.39, 0.29) is 13.0 Å². The maximum absolute atomic E-state index is 11.7. The van der Waals surface area contributed by atoms with Crippen LogP contribution in [-0.2, 0) is 9.53 Å². The van der Waals surface area contributed by atoms with E-state index in [0.29, 0.717) is 0 Å². The first-order valence-electron chi connectivity index (χ1n) is 5.71. The Kier molecular flexibility index (Phi) is 3.53. The summed E-state index contributed by atoms with van der Waals surface area (Å²) in [4.78, 5) is 23.9. The van der Waals surface area contributed by atoms with Crippen molar-refractivity contribution in [3.8, 4) is 0 Å². The molecule has 2 heterocycles. The third kappa shape index (κ3) is 2.07. The van der Waals surface area contributed by atoms with Gasteiger partial charge in [-0.05, 0) is 6.92 Å². The van der Waals surface area contributed by atoms with Crippen molar-refractivity contribution in [1.82, 2.24) is 10.2 Å². The molecular weight excluding hydrogens is 244 g/mol. The summed E-state index contributed by atoms with van der Waals surface area (Å²) in [7, 11) is 0. The van der Waals surface area contributed by atoms with Gasteiger partial charge in [-0.1, -0.05) is 0 Å². The van der Waals surface area contributed by atoms with Crippen LogP contribution >= 0.6 is 0 Å². The predicted octanol–water partition coefficient (Wildman–Crippen LogP) is -2.04. The molecule has 18 heavy (non-hydrogen) atoms. The first-order valence-corrected chi connectivity index (χ1v) is 5.71. The van der Waals surface area contributed by atoms with Crippen molar-refractivity contribution in [3.63, 3.8) is 0 Å². The van der Waals surface area contributed by atoms with Crippen LogP contribution in [0.4, 0.5) is 4.79 Å². The molecule has 0 aromatic carbocycles. The molecule has 2 fully saturated rings. The summed E-state index contributed by atoms with van der Waals surface area (Å²) in [6, 6.07) is -0.763. The molecule has 3 amide bonds. The second kappa shape index (κ2) is 4.81. The van der Waals surface area contributed by atoms with Crippen LogP contribution in [0.5, 0.6) is 0 Å². The van der Waals surface area contributed by atoms with Crippen LogP contribution in [0.1, 0.15) is 13.3 Å². The number of aliphatic hydroxyl groups is 3. The Morgan fingerprint density at radius 3 is 2.67 bits per heavy atom. The highest BCUT2D eigenvalue weighted by Gasteiger charge is 2.46. The van der Waals surface area contributed by atoms with Crippen LogP contribution < -0.4 is 5.32 Å². The lowest BCUT2D eigenvalue weighted by Crippen LogP contribution is -2.62. The van der Waals surface area contributed by atoms with Gasteiger partial charge < -0.3 is 20.1 Å². The van der Waals surface area contributed by atoms with E-state index in [4.69, 9.17) is 9.84 Å². The molecule has 0 unspecified atom stereocenters. The van der Waals surface area contributed by atoms with Crippen LogP contribution in [0.15, 0.2) is 0 Å². The predicted molar refractivity (Wildman–Crippen MR) is 56.9 cm³/mol.